The summed E-state index contributed by atoms with van der Waals surface area (Å²) in [6.45, 7) is 2.65. The smallest absolute Gasteiger partial charge is 0.237 e. The van der Waals surface area contributed by atoms with Crippen LogP contribution in [0, 0.1) is 11.7 Å². The number of likely N-dealkylation sites (tertiary alicyclic amines) is 1. The maximum Gasteiger partial charge on any atom is 0.237 e. The number of rotatable bonds is 5. The van der Waals surface area contributed by atoms with Crippen LogP contribution in [0.4, 0.5) is 4.39 Å². The van der Waals surface area contributed by atoms with Gasteiger partial charge in [-0.2, -0.15) is 0 Å². The number of carbonyl (C=O) groups is 2. The minimum absolute atomic E-state index is 0.152. The number of piperidine rings is 1. The quantitative estimate of drug-likeness (QED) is 0.811. The molecule has 0 radical (unpaired) electrons. The van der Waals surface area contributed by atoms with E-state index in [1.165, 1.54) is 12.1 Å². The van der Waals surface area contributed by atoms with Crippen molar-refractivity contribution in [2.75, 3.05) is 19.6 Å². The molecule has 4 rings (SSSR count). The molecule has 2 amide bonds. The lowest BCUT2D eigenvalue weighted by Gasteiger charge is -2.40. The standard InChI is InChI=1S/C23H25FN2O2/c24-20-8-6-17(7-9-20)11-14-26-15-12-19(16-26)23(18-4-2-1-3-5-18)13-10-21(27)25-22(23)28/h1-9,19H,10-16H2,(H,25,27,28)/t19-,23?/m1/s1. The third-order valence-corrected chi connectivity index (χ3v) is 6.29. The first-order chi connectivity index (χ1) is 13.6. The zero-order valence-electron chi connectivity index (χ0n) is 15.9. The lowest BCUT2D eigenvalue weighted by molar-refractivity contribution is -0.139. The summed E-state index contributed by atoms with van der Waals surface area (Å²) in [5, 5.41) is 2.59. The molecule has 0 aliphatic carbocycles. The van der Waals surface area contributed by atoms with Crippen LogP contribution in [0.5, 0.6) is 0 Å². The van der Waals surface area contributed by atoms with Crippen LogP contribution < -0.4 is 5.32 Å². The molecule has 2 fully saturated rings. The van der Waals surface area contributed by atoms with Crippen LogP contribution in [0.3, 0.4) is 0 Å². The topological polar surface area (TPSA) is 49.4 Å². The number of imide groups is 1. The van der Waals surface area contributed by atoms with Gasteiger partial charge in [-0.15, -0.1) is 0 Å². The summed E-state index contributed by atoms with van der Waals surface area (Å²) < 4.78 is 13.1. The predicted molar refractivity (Wildman–Crippen MR) is 105 cm³/mol. The molecule has 2 aliphatic heterocycles. The van der Waals surface area contributed by atoms with Crippen LogP contribution in [-0.2, 0) is 21.4 Å². The fourth-order valence-electron chi connectivity index (χ4n) is 4.74. The molecule has 2 heterocycles. The van der Waals surface area contributed by atoms with Gasteiger partial charge in [0.2, 0.25) is 11.8 Å². The average Bonchev–Trinajstić information content (AvgIpc) is 3.18. The van der Waals surface area contributed by atoms with E-state index in [2.05, 4.69) is 10.2 Å². The second-order valence-electron chi connectivity index (χ2n) is 7.88. The molecule has 4 nitrogen and oxygen atoms in total. The van der Waals surface area contributed by atoms with E-state index in [1.54, 1.807) is 0 Å². The van der Waals surface area contributed by atoms with E-state index < -0.39 is 5.41 Å². The number of hydrogen-bond donors (Lipinski definition) is 1. The number of carbonyl (C=O) groups excluding carboxylic acids is 2. The zero-order chi connectivity index (χ0) is 19.6. The molecule has 2 atom stereocenters. The van der Waals surface area contributed by atoms with Crippen molar-refractivity contribution in [1.29, 1.82) is 0 Å². The highest BCUT2D eigenvalue weighted by Gasteiger charge is 2.51. The Morgan fingerprint density at radius 2 is 1.82 bits per heavy atom. The molecule has 1 N–H and O–H groups in total. The molecule has 2 saturated heterocycles. The number of benzene rings is 2. The number of amides is 2. The Morgan fingerprint density at radius 1 is 1.07 bits per heavy atom. The van der Waals surface area contributed by atoms with Crippen molar-refractivity contribution in [3.63, 3.8) is 0 Å². The van der Waals surface area contributed by atoms with Gasteiger partial charge in [-0.3, -0.25) is 14.9 Å². The average molecular weight is 380 g/mol. The van der Waals surface area contributed by atoms with Gasteiger partial charge in [-0.05, 0) is 55.0 Å². The van der Waals surface area contributed by atoms with Crippen LogP contribution in [0.2, 0.25) is 0 Å². The van der Waals surface area contributed by atoms with E-state index in [0.29, 0.717) is 12.8 Å². The van der Waals surface area contributed by atoms with Gasteiger partial charge >= 0.3 is 0 Å². The van der Waals surface area contributed by atoms with Crippen molar-refractivity contribution in [2.45, 2.75) is 31.1 Å². The molecule has 2 aromatic carbocycles. The summed E-state index contributed by atoms with van der Waals surface area (Å²) >= 11 is 0. The summed E-state index contributed by atoms with van der Waals surface area (Å²) in [6.07, 6.45) is 2.74. The lowest BCUT2D eigenvalue weighted by atomic mass is 9.65. The van der Waals surface area contributed by atoms with Crippen LogP contribution in [0.1, 0.15) is 30.4 Å². The van der Waals surface area contributed by atoms with Crippen molar-refractivity contribution < 1.29 is 14.0 Å². The van der Waals surface area contributed by atoms with Crippen LogP contribution >= 0.6 is 0 Å². The SMILES string of the molecule is O=C1CCC(c2ccccc2)([C@@H]2CCN(CCc3ccc(F)cc3)C2)C(=O)N1. The van der Waals surface area contributed by atoms with Crippen molar-refractivity contribution in [1.82, 2.24) is 10.2 Å². The van der Waals surface area contributed by atoms with Crippen LogP contribution in [-0.4, -0.2) is 36.3 Å². The molecule has 28 heavy (non-hydrogen) atoms. The monoisotopic (exact) mass is 380 g/mol. The molecule has 0 aromatic heterocycles. The molecule has 0 bridgehead atoms. The van der Waals surface area contributed by atoms with Gasteiger partial charge in [0.05, 0.1) is 5.41 Å². The molecule has 2 aromatic rings. The van der Waals surface area contributed by atoms with Gasteiger partial charge in [0.15, 0.2) is 0 Å². The van der Waals surface area contributed by atoms with Gasteiger partial charge in [0.25, 0.3) is 0 Å². The molecular formula is C23H25FN2O2. The Morgan fingerprint density at radius 3 is 2.54 bits per heavy atom. The fraction of sp³-hybridized carbons (Fsp3) is 0.391. The van der Waals surface area contributed by atoms with E-state index >= 15 is 0 Å². The molecule has 146 valence electrons. The van der Waals surface area contributed by atoms with Crippen molar-refractivity contribution in [3.05, 3.63) is 71.5 Å². The Labute approximate surface area is 164 Å². The molecular weight excluding hydrogens is 355 g/mol. The highest BCUT2D eigenvalue weighted by molar-refractivity contribution is 6.03. The van der Waals surface area contributed by atoms with Crippen molar-refractivity contribution >= 4 is 11.8 Å². The first kappa shape index (κ1) is 18.8. The van der Waals surface area contributed by atoms with E-state index in [4.69, 9.17) is 0 Å². The number of hydrogen-bond acceptors (Lipinski definition) is 3. The van der Waals surface area contributed by atoms with E-state index in [9.17, 15) is 14.0 Å². The first-order valence-corrected chi connectivity index (χ1v) is 9.94. The molecule has 0 saturated carbocycles. The minimum atomic E-state index is -0.639. The highest BCUT2D eigenvalue weighted by atomic mass is 19.1. The molecule has 1 unspecified atom stereocenters. The van der Waals surface area contributed by atoms with E-state index in [1.807, 2.05) is 42.5 Å². The lowest BCUT2D eigenvalue weighted by Crippen LogP contribution is -2.55. The van der Waals surface area contributed by atoms with E-state index in [-0.39, 0.29) is 23.5 Å². The zero-order valence-corrected chi connectivity index (χ0v) is 15.9. The van der Waals surface area contributed by atoms with Crippen molar-refractivity contribution in [2.24, 2.45) is 5.92 Å². The van der Waals surface area contributed by atoms with E-state index in [0.717, 1.165) is 43.6 Å². The van der Waals surface area contributed by atoms with Gasteiger partial charge < -0.3 is 4.90 Å². The summed E-state index contributed by atoms with van der Waals surface area (Å²) in [6, 6.07) is 16.5. The van der Waals surface area contributed by atoms with Gasteiger partial charge in [0, 0.05) is 19.5 Å². The summed E-state index contributed by atoms with van der Waals surface area (Å²) in [5.41, 5.74) is 1.48. The van der Waals surface area contributed by atoms with Crippen molar-refractivity contribution in [3.8, 4) is 0 Å². The molecule has 0 spiro atoms. The second-order valence-corrected chi connectivity index (χ2v) is 7.88. The third-order valence-electron chi connectivity index (χ3n) is 6.29. The molecule has 5 heteroatoms. The maximum absolute atomic E-state index is 13.1. The molecule has 2 aliphatic rings. The first-order valence-electron chi connectivity index (χ1n) is 9.94. The highest BCUT2D eigenvalue weighted by Crippen LogP contribution is 2.43. The number of halogens is 1. The van der Waals surface area contributed by atoms with Gasteiger partial charge in [-0.1, -0.05) is 42.5 Å². The Balaban J connectivity index is 1.50. The number of nitrogens with zero attached hydrogens (tertiary/aromatic N) is 1. The Kier molecular flexibility index (Phi) is 5.27. The Hall–Kier alpha value is -2.53. The fourth-order valence-corrected chi connectivity index (χ4v) is 4.74. The van der Waals surface area contributed by atoms with Gasteiger partial charge in [-0.25, -0.2) is 4.39 Å². The largest absolute Gasteiger partial charge is 0.303 e. The maximum atomic E-state index is 13.1. The third kappa shape index (κ3) is 3.59. The predicted octanol–water partition coefficient (Wildman–Crippen LogP) is 3.06. The minimum Gasteiger partial charge on any atom is -0.303 e. The summed E-state index contributed by atoms with van der Waals surface area (Å²) in [7, 11) is 0. The summed E-state index contributed by atoms with van der Waals surface area (Å²) in [4.78, 5) is 27.2. The second kappa shape index (κ2) is 7.84. The van der Waals surface area contributed by atoms with Gasteiger partial charge in [0.1, 0.15) is 5.82 Å². The van der Waals surface area contributed by atoms with Crippen LogP contribution in [0.15, 0.2) is 54.6 Å². The Bertz CT molecular complexity index is 853. The summed E-state index contributed by atoms with van der Waals surface area (Å²) in [5.74, 6) is -0.369. The normalized spacial score (nSPS) is 25.7. The van der Waals surface area contributed by atoms with Crippen LogP contribution in [0.25, 0.3) is 0 Å². The number of nitrogens with one attached hydrogen (secondary N) is 1.